The first-order valence-electron chi connectivity index (χ1n) is 8.78. The van der Waals surface area contributed by atoms with Gasteiger partial charge in [-0.25, -0.2) is 0 Å². The molecule has 3 aliphatic carbocycles. The van der Waals surface area contributed by atoms with Gasteiger partial charge in [-0.05, 0) is 61.7 Å². The van der Waals surface area contributed by atoms with Crippen molar-refractivity contribution in [1.29, 1.82) is 0 Å². The molecule has 1 amide bonds. The molecular weight excluding hydrogens is 262 g/mol. The topological polar surface area (TPSA) is 46.2 Å². The first kappa shape index (κ1) is 13.8. The van der Waals surface area contributed by atoms with E-state index in [1.807, 2.05) is 0 Å². The Balaban J connectivity index is 1.65. The second kappa shape index (κ2) is 4.33. The first-order valence-corrected chi connectivity index (χ1v) is 8.78. The summed E-state index contributed by atoms with van der Waals surface area (Å²) in [6.07, 6.45) is 8.24. The summed E-state index contributed by atoms with van der Waals surface area (Å²) >= 11 is 0. The van der Waals surface area contributed by atoms with Crippen LogP contribution in [0.25, 0.3) is 0 Å². The van der Waals surface area contributed by atoms with Crippen molar-refractivity contribution in [3.63, 3.8) is 0 Å². The lowest BCUT2D eigenvalue weighted by molar-refractivity contribution is -0.141. The number of ketones is 1. The van der Waals surface area contributed by atoms with E-state index in [1.54, 1.807) is 0 Å². The fourth-order valence-corrected chi connectivity index (χ4v) is 6.47. The molecule has 1 heterocycles. The van der Waals surface area contributed by atoms with E-state index < -0.39 is 0 Å². The highest BCUT2D eigenvalue weighted by molar-refractivity contribution is 5.87. The third-order valence-corrected chi connectivity index (χ3v) is 7.80. The minimum Gasteiger partial charge on any atom is -0.353 e. The minimum atomic E-state index is -0.0255. The minimum absolute atomic E-state index is 0.0255. The fraction of sp³-hybridized carbons (Fsp3) is 0.889. The maximum Gasteiger partial charge on any atom is 0.220 e. The lowest BCUT2D eigenvalue weighted by Gasteiger charge is -2.59. The summed E-state index contributed by atoms with van der Waals surface area (Å²) in [5, 5.41) is 3.26. The average molecular weight is 289 g/mol. The maximum atomic E-state index is 12.4. The maximum absolute atomic E-state index is 12.4. The zero-order chi connectivity index (χ0) is 14.8. The summed E-state index contributed by atoms with van der Waals surface area (Å²) in [6, 6.07) is 0.376. The summed E-state index contributed by atoms with van der Waals surface area (Å²) in [5.74, 6) is 2.80. The van der Waals surface area contributed by atoms with Crippen LogP contribution in [0, 0.1) is 28.6 Å². The van der Waals surface area contributed by atoms with Gasteiger partial charge in [0.05, 0.1) is 0 Å². The number of hydrogen-bond acceptors (Lipinski definition) is 2. The zero-order valence-electron chi connectivity index (χ0n) is 13.3. The predicted octanol–water partition coefficient (Wildman–Crippen LogP) is 3.08. The van der Waals surface area contributed by atoms with Crippen molar-refractivity contribution in [3.8, 4) is 0 Å². The number of fused-ring (bicyclic) bond motifs is 5. The molecule has 4 rings (SSSR count). The Bertz CT molecular complexity index is 501. The van der Waals surface area contributed by atoms with E-state index in [0.29, 0.717) is 36.0 Å². The molecule has 1 aliphatic heterocycles. The van der Waals surface area contributed by atoms with Crippen LogP contribution in [0.4, 0.5) is 0 Å². The zero-order valence-corrected chi connectivity index (χ0v) is 13.3. The monoisotopic (exact) mass is 289 g/mol. The molecule has 3 saturated carbocycles. The molecule has 1 N–H and O–H groups in total. The molecule has 0 aromatic carbocycles. The van der Waals surface area contributed by atoms with Gasteiger partial charge in [0.2, 0.25) is 5.91 Å². The fourth-order valence-electron chi connectivity index (χ4n) is 6.47. The average Bonchev–Trinajstić information content (AvgIpc) is 2.76. The Morgan fingerprint density at radius 2 is 1.76 bits per heavy atom. The highest BCUT2D eigenvalue weighted by atomic mass is 16.1. The Morgan fingerprint density at radius 3 is 2.57 bits per heavy atom. The lowest BCUT2D eigenvalue weighted by Crippen LogP contribution is -2.61. The number of rotatable bonds is 0. The summed E-state index contributed by atoms with van der Waals surface area (Å²) in [6.45, 7) is 4.65. The SMILES string of the molecule is C[C@]12CCC(=O)NC1CC[C@@H]1[C@H]2CC[C@]2(C)C(=O)CC[C@@H]12. The smallest absolute Gasteiger partial charge is 0.220 e. The van der Waals surface area contributed by atoms with E-state index >= 15 is 0 Å². The van der Waals surface area contributed by atoms with Gasteiger partial charge in [0.15, 0.2) is 0 Å². The Hall–Kier alpha value is -0.860. The van der Waals surface area contributed by atoms with E-state index in [2.05, 4.69) is 19.2 Å². The highest BCUT2D eigenvalue weighted by Gasteiger charge is 2.60. The third kappa shape index (κ3) is 1.72. The van der Waals surface area contributed by atoms with Gasteiger partial charge in [0.25, 0.3) is 0 Å². The Kier molecular flexibility index (Phi) is 2.84. The van der Waals surface area contributed by atoms with Crippen LogP contribution in [0.5, 0.6) is 0 Å². The molecule has 21 heavy (non-hydrogen) atoms. The Labute approximate surface area is 127 Å². The van der Waals surface area contributed by atoms with Gasteiger partial charge in [0.1, 0.15) is 5.78 Å². The largest absolute Gasteiger partial charge is 0.353 e. The highest BCUT2D eigenvalue weighted by Crippen LogP contribution is 2.62. The molecule has 4 aliphatic rings. The third-order valence-electron chi connectivity index (χ3n) is 7.80. The second-order valence-corrected chi connectivity index (χ2v) is 8.50. The van der Waals surface area contributed by atoms with E-state index in [4.69, 9.17) is 0 Å². The number of nitrogens with one attached hydrogen (secondary N) is 1. The summed E-state index contributed by atoms with van der Waals surface area (Å²) in [7, 11) is 0. The normalized spacial score (nSPS) is 52.7. The quantitative estimate of drug-likeness (QED) is 0.745. The van der Waals surface area contributed by atoms with Crippen molar-refractivity contribution >= 4 is 11.7 Å². The molecule has 0 radical (unpaired) electrons. The lowest BCUT2D eigenvalue weighted by atomic mass is 9.48. The van der Waals surface area contributed by atoms with Crippen LogP contribution in [-0.2, 0) is 9.59 Å². The molecular formula is C18H27NO2. The number of carbonyl (C=O) groups excluding carboxylic acids is 2. The summed E-state index contributed by atoms with van der Waals surface area (Å²) in [5.41, 5.74) is 0.242. The number of piperidine rings is 1. The van der Waals surface area contributed by atoms with Gasteiger partial charge >= 0.3 is 0 Å². The molecule has 3 heteroatoms. The van der Waals surface area contributed by atoms with Crippen LogP contribution in [0.2, 0.25) is 0 Å². The standard InChI is InChI=1S/C18H27NO2/c1-17-10-8-16(21)19-14(17)5-3-11-12-4-6-15(20)18(12,2)9-7-13(11)17/h11-14H,3-10H2,1-2H3,(H,19,21)/t11-,12-,13+,14?,17+,18-/m0/s1. The van der Waals surface area contributed by atoms with E-state index in [-0.39, 0.29) is 16.7 Å². The van der Waals surface area contributed by atoms with Gasteiger partial charge in [0, 0.05) is 24.3 Å². The van der Waals surface area contributed by atoms with Crippen LogP contribution in [0.15, 0.2) is 0 Å². The number of hydrogen-bond donors (Lipinski definition) is 1. The van der Waals surface area contributed by atoms with Gasteiger partial charge in [-0.15, -0.1) is 0 Å². The molecule has 0 aromatic rings. The number of Topliss-reactive ketones (excluding diaryl/α,β-unsaturated/α-hetero) is 1. The number of carbonyl (C=O) groups is 2. The molecule has 4 fully saturated rings. The summed E-state index contributed by atoms with van der Waals surface area (Å²) < 4.78 is 0. The molecule has 0 spiro atoms. The summed E-state index contributed by atoms with van der Waals surface area (Å²) in [4.78, 5) is 24.1. The van der Waals surface area contributed by atoms with Crippen LogP contribution in [-0.4, -0.2) is 17.7 Å². The van der Waals surface area contributed by atoms with Crippen LogP contribution >= 0.6 is 0 Å². The van der Waals surface area contributed by atoms with Crippen molar-refractivity contribution in [3.05, 3.63) is 0 Å². The van der Waals surface area contributed by atoms with Crippen molar-refractivity contribution < 1.29 is 9.59 Å². The van der Waals surface area contributed by atoms with Gasteiger partial charge in [-0.3, -0.25) is 9.59 Å². The van der Waals surface area contributed by atoms with Gasteiger partial charge in [-0.2, -0.15) is 0 Å². The van der Waals surface area contributed by atoms with E-state index in [0.717, 1.165) is 32.1 Å². The molecule has 1 unspecified atom stereocenters. The van der Waals surface area contributed by atoms with E-state index in [9.17, 15) is 9.59 Å². The van der Waals surface area contributed by atoms with Crippen molar-refractivity contribution in [2.45, 2.75) is 71.3 Å². The van der Waals surface area contributed by atoms with Crippen molar-refractivity contribution in [1.82, 2.24) is 5.32 Å². The van der Waals surface area contributed by atoms with Crippen LogP contribution in [0.1, 0.15) is 65.2 Å². The van der Waals surface area contributed by atoms with Crippen molar-refractivity contribution in [2.75, 3.05) is 0 Å². The van der Waals surface area contributed by atoms with Gasteiger partial charge in [-0.1, -0.05) is 13.8 Å². The molecule has 0 bridgehead atoms. The molecule has 6 atom stereocenters. The Morgan fingerprint density at radius 1 is 0.952 bits per heavy atom. The van der Waals surface area contributed by atoms with E-state index in [1.165, 1.54) is 12.8 Å². The predicted molar refractivity (Wildman–Crippen MR) is 80.6 cm³/mol. The molecule has 3 nitrogen and oxygen atoms in total. The second-order valence-electron chi connectivity index (χ2n) is 8.50. The first-order chi connectivity index (χ1) is 9.95. The molecule has 0 aromatic heterocycles. The van der Waals surface area contributed by atoms with Crippen LogP contribution in [0.3, 0.4) is 0 Å². The van der Waals surface area contributed by atoms with Crippen molar-refractivity contribution in [2.24, 2.45) is 28.6 Å². The molecule has 116 valence electrons. The van der Waals surface area contributed by atoms with Crippen LogP contribution < -0.4 is 5.32 Å². The molecule has 1 saturated heterocycles. The number of amides is 1. The van der Waals surface area contributed by atoms with Gasteiger partial charge < -0.3 is 5.32 Å².